The van der Waals surface area contributed by atoms with Crippen molar-refractivity contribution >= 4 is 0 Å². The fourth-order valence-corrected chi connectivity index (χ4v) is 2.22. The Labute approximate surface area is 101 Å². The summed E-state index contributed by atoms with van der Waals surface area (Å²) in [5, 5.41) is 19.0. The van der Waals surface area contributed by atoms with Crippen molar-refractivity contribution in [2.75, 3.05) is 6.61 Å². The maximum Gasteiger partial charge on any atom is 0.105 e. The molecule has 0 spiro atoms. The van der Waals surface area contributed by atoms with Gasteiger partial charge < -0.3 is 14.9 Å². The van der Waals surface area contributed by atoms with Crippen LogP contribution in [0.5, 0.6) is 0 Å². The van der Waals surface area contributed by atoms with Gasteiger partial charge in [0.05, 0.1) is 12.7 Å². The lowest BCUT2D eigenvalue weighted by atomic mass is 10.1. The number of hydrogen-bond acceptors (Lipinski definition) is 3. The summed E-state index contributed by atoms with van der Waals surface area (Å²) < 4.78 is 5.68. The van der Waals surface area contributed by atoms with E-state index < -0.39 is 6.10 Å². The Morgan fingerprint density at radius 3 is 2.59 bits per heavy atom. The van der Waals surface area contributed by atoms with Gasteiger partial charge in [-0.15, -0.1) is 0 Å². The number of aliphatic hydroxyl groups excluding tert-OH is 2. The van der Waals surface area contributed by atoms with E-state index in [1.807, 2.05) is 30.3 Å². The monoisotopic (exact) mass is 234 g/mol. The highest BCUT2D eigenvalue weighted by Crippen LogP contribution is 2.32. The SMILES string of the molecule is C=C1C(OCc2ccccc2)C(O)C[C@H]1CO. The van der Waals surface area contributed by atoms with Gasteiger partial charge in [0.2, 0.25) is 0 Å². The van der Waals surface area contributed by atoms with Gasteiger partial charge >= 0.3 is 0 Å². The minimum Gasteiger partial charge on any atom is -0.396 e. The Balaban J connectivity index is 1.93. The minimum absolute atomic E-state index is 0.0289. The third-order valence-electron chi connectivity index (χ3n) is 3.26. The Hall–Kier alpha value is -1.16. The van der Waals surface area contributed by atoms with E-state index in [1.165, 1.54) is 0 Å². The van der Waals surface area contributed by atoms with Crippen LogP contribution in [0.1, 0.15) is 12.0 Å². The molecule has 1 aliphatic rings. The maximum atomic E-state index is 9.84. The highest BCUT2D eigenvalue weighted by molar-refractivity contribution is 5.18. The van der Waals surface area contributed by atoms with Crippen molar-refractivity contribution in [1.82, 2.24) is 0 Å². The van der Waals surface area contributed by atoms with Crippen LogP contribution in [0.2, 0.25) is 0 Å². The number of hydrogen-bond donors (Lipinski definition) is 2. The van der Waals surface area contributed by atoms with Crippen LogP contribution in [0.4, 0.5) is 0 Å². The molecule has 92 valence electrons. The predicted octanol–water partition coefficient (Wildman–Crippen LogP) is 1.50. The number of ether oxygens (including phenoxy) is 1. The molecule has 3 atom stereocenters. The summed E-state index contributed by atoms with van der Waals surface area (Å²) in [7, 11) is 0. The van der Waals surface area contributed by atoms with E-state index >= 15 is 0 Å². The van der Waals surface area contributed by atoms with Crippen molar-refractivity contribution in [2.24, 2.45) is 5.92 Å². The normalized spacial score (nSPS) is 28.6. The molecule has 2 rings (SSSR count). The summed E-state index contributed by atoms with van der Waals surface area (Å²) in [5.74, 6) is -0.0363. The molecule has 1 aromatic rings. The van der Waals surface area contributed by atoms with Gasteiger partial charge in [-0.1, -0.05) is 36.9 Å². The van der Waals surface area contributed by atoms with E-state index in [1.54, 1.807) is 0 Å². The molecule has 0 aliphatic heterocycles. The Bertz CT molecular complexity index is 374. The van der Waals surface area contributed by atoms with E-state index in [0.717, 1.165) is 11.1 Å². The molecule has 3 heteroatoms. The van der Waals surface area contributed by atoms with Crippen LogP contribution in [0.3, 0.4) is 0 Å². The molecule has 1 saturated carbocycles. The number of benzene rings is 1. The highest BCUT2D eigenvalue weighted by Gasteiger charge is 2.36. The summed E-state index contributed by atoms with van der Waals surface area (Å²) >= 11 is 0. The third-order valence-corrected chi connectivity index (χ3v) is 3.26. The molecule has 0 radical (unpaired) electrons. The van der Waals surface area contributed by atoms with Gasteiger partial charge in [0.1, 0.15) is 6.10 Å². The molecule has 0 aromatic heterocycles. The van der Waals surface area contributed by atoms with Gasteiger partial charge in [0.25, 0.3) is 0 Å². The summed E-state index contributed by atoms with van der Waals surface area (Å²) in [5.41, 5.74) is 1.87. The first-order valence-electron chi connectivity index (χ1n) is 5.85. The summed E-state index contributed by atoms with van der Waals surface area (Å²) in [4.78, 5) is 0. The fourth-order valence-electron chi connectivity index (χ4n) is 2.22. The maximum absolute atomic E-state index is 9.84. The zero-order valence-corrected chi connectivity index (χ0v) is 9.75. The van der Waals surface area contributed by atoms with Gasteiger partial charge in [0.15, 0.2) is 0 Å². The lowest BCUT2D eigenvalue weighted by Gasteiger charge is -2.17. The molecular weight excluding hydrogens is 216 g/mol. The molecule has 1 fully saturated rings. The second-order valence-electron chi connectivity index (χ2n) is 4.47. The molecule has 0 saturated heterocycles. The van der Waals surface area contributed by atoms with Crippen molar-refractivity contribution in [2.45, 2.75) is 25.2 Å². The average molecular weight is 234 g/mol. The average Bonchev–Trinajstić information content (AvgIpc) is 2.63. The fraction of sp³-hybridized carbons (Fsp3) is 0.429. The van der Waals surface area contributed by atoms with Gasteiger partial charge in [-0.3, -0.25) is 0 Å². The molecule has 0 heterocycles. The van der Waals surface area contributed by atoms with E-state index in [-0.39, 0.29) is 18.6 Å². The van der Waals surface area contributed by atoms with Crippen molar-refractivity contribution in [3.05, 3.63) is 48.0 Å². The van der Waals surface area contributed by atoms with Gasteiger partial charge in [0, 0.05) is 12.5 Å². The van der Waals surface area contributed by atoms with Crippen molar-refractivity contribution in [3.63, 3.8) is 0 Å². The Morgan fingerprint density at radius 1 is 1.29 bits per heavy atom. The molecule has 1 aromatic carbocycles. The first-order valence-corrected chi connectivity index (χ1v) is 5.85. The lowest BCUT2D eigenvalue weighted by molar-refractivity contribution is -0.0103. The lowest BCUT2D eigenvalue weighted by Crippen LogP contribution is -2.23. The van der Waals surface area contributed by atoms with Crippen LogP contribution in [0.15, 0.2) is 42.5 Å². The smallest absolute Gasteiger partial charge is 0.105 e. The largest absolute Gasteiger partial charge is 0.396 e. The second kappa shape index (κ2) is 5.45. The Morgan fingerprint density at radius 2 is 2.00 bits per heavy atom. The quantitative estimate of drug-likeness (QED) is 0.776. The Kier molecular flexibility index (Phi) is 3.94. The van der Waals surface area contributed by atoms with Crippen LogP contribution in [0, 0.1) is 5.92 Å². The molecular formula is C14H18O3. The minimum atomic E-state index is -0.552. The second-order valence-corrected chi connectivity index (χ2v) is 4.47. The standard InChI is InChI=1S/C14H18O3/c1-10-12(8-15)7-13(16)14(10)17-9-11-5-3-2-4-6-11/h2-6,12-16H,1,7-9H2/t12-,13?,14?/m0/s1. The topological polar surface area (TPSA) is 49.7 Å². The predicted molar refractivity (Wildman–Crippen MR) is 65.4 cm³/mol. The molecule has 0 bridgehead atoms. The molecule has 17 heavy (non-hydrogen) atoms. The van der Waals surface area contributed by atoms with E-state index in [4.69, 9.17) is 9.84 Å². The molecule has 1 aliphatic carbocycles. The third kappa shape index (κ3) is 2.75. The van der Waals surface area contributed by atoms with E-state index in [2.05, 4.69) is 6.58 Å². The highest BCUT2D eigenvalue weighted by atomic mass is 16.5. The van der Waals surface area contributed by atoms with Crippen LogP contribution < -0.4 is 0 Å². The van der Waals surface area contributed by atoms with E-state index in [0.29, 0.717) is 13.0 Å². The molecule has 2 N–H and O–H groups in total. The van der Waals surface area contributed by atoms with Crippen molar-refractivity contribution < 1.29 is 14.9 Å². The summed E-state index contributed by atoms with van der Waals surface area (Å²) in [6, 6.07) is 9.82. The van der Waals surface area contributed by atoms with Crippen LogP contribution in [-0.2, 0) is 11.3 Å². The first-order chi connectivity index (χ1) is 8.22. The van der Waals surface area contributed by atoms with Crippen LogP contribution in [0.25, 0.3) is 0 Å². The number of rotatable bonds is 4. The van der Waals surface area contributed by atoms with Crippen molar-refractivity contribution in [1.29, 1.82) is 0 Å². The zero-order chi connectivity index (χ0) is 12.3. The molecule has 3 nitrogen and oxygen atoms in total. The molecule has 2 unspecified atom stereocenters. The summed E-state index contributed by atoms with van der Waals surface area (Å²) in [6.45, 7) is 4.39. The van der Waals surface area contributed by atoms with Gasteiger partial charge in [-0.25, -0.2) is 0 Å². The summed E-state index contributed by atoms with van der Waals surface area (Å²) in [6.07, 6.45) is -0.370. The zero-order valence-electron chi connectivity index (χ0n) is 9.75. The van der Waals surface area contributed by atoms with Crippen LogP contribution in [-0.4, -0.2) is 29.0 Å². The molecule has 0 amide bonds. The van der Waals surface area contributed by atoms with Gasteiger partial charge in [-0.05, 0) is 17.6 Å². The van der Waals surface area contributed by atoms with Crippen molar-refractivity contribution in [3.8, 4) is 0 Å². The first kappa shape index (κ1) is 12.3. The van der Waals surface area contributed by atoms with Gasteiger partial charge in [-0.2, -0.15) is 0 Å². The van der Waals surface area contributed by atoms with E-state index in [9.17, 15) is 5.11 Å². The number of aliphatic hydroxyl groups is 2. The van der Waals surface area contributed by atoms with Crippen LogP contribution >= 0.6 is 0 Å².